The Balaban J connectivity index is 0.592. The Kier molecular flexibility index (Phi) is 9.44. The quantitative estimate of drug-likeness (QED) is 0.110. The second-order valence-electron chi connectivity index (χ2n) is 16.6. The van der Waals surface area contributed by atoms with Gasteiger partial charge in [0.2, 0.25) is 17.7 Å². The van der Waals surface area contributed by atoms with Crippen molar-refractivity contribution < 1.29 is 33.4 Å². The van der Waals surface area contributed by atoms with Crippen LogP contribution in [0.1, 0.15) is 65.7 Å². The molecule has 0 bridgehead atoms. The van der Waals surface area contributed by atoms with Gasteiger partial charge >= 0.3 is 0 Å². The maximum atomic E-state index is 13.2. The van der Waals surface area contributed by atoms with E-state index < -0.39 is 29.7 Å². The fourth-order valence-electron chi connectivity index (χ4n) is 9.32. The molecule has 13 heteroatoms. The molecular formula is C45H46N6O7. The molecular weight excluding hydrogens is 737 g/mol. The number of piperidine rings is 1. The normalized spacial score (nSPS) is 24.3. The average molecular weight is 783 g/mol. The van der Waals surface area contributed by atoms with Crippen LogP contribution in [0.3, 0.4) is 0 Å². The second-order valence-corrected chi connectivity index (χ2v) is 16.6. The third-order valence-corrected chi connectivity index (χ3v) is 12.9. The lowest BCUT2D eigenvalue weighted by atomic mass is 9.78. The Labute approximate surface area is 335 Å². The predicted molar refractivity (Wildman–Crippen MR) is 215 cm³/mol. The Hall–Kier alpha value is -5.66. The minimum atomic E-state index is -0.966. The summed E-state index contributed by atoms with van der Waals surface area (Å²) in [6.45, 7) is 3.65. The van der Waals surface area contributed by atoms with Gasteiger partial charge in [0, 0.05) is 98.6 Å². The van der Waals surface area contributed by atoms with E-state index in [0.29, 0.717) is 43.0 Å². The number of ether oxygens (including phenoxy) is 3. The molecule has 2 aliphatic carbocycles. The highest BCUT2D eigenvalue weighted by atomic mass is 16.5. The molecule has 2 unspecified atom stereocenters. The number of hydrogen-bond acceptors (Lipinski definition) is 10. The van der Waals surface area contributed by atoms with Crippen molar-refractivity contribution in [3.05, 3.63) is 84.3 Å². The van der Waals surface area contributed by atoms with E-state index in [2.05, 4.69) is 62.1 Å². The number of unbranched alkanes of at least 4 members (excludes halogenated alkanes) is 1. The maximum absolute atomic E-state index is 13.2. The third-order valence-electron chi connectivity index (χ3n) is 12.9. The van der Waals surface area contributed by atoms with Crippen molar-refractivity contribution in [1.82, 2.24) is 24.8 Å². The van der Waals surface area contributed by atoms with Crippen LogP contribution in [0.15, 0.2) is 73.2 Å². The Morgan fingerprint density at radius 1 is 0.810 bits per heavy atom. The summed E-state index contributed by atoms with van der Waals surface area (Å²) in [5.74, 6) is 0.818. The Bertz CT molecular complexity index is 2440. The van der Waals surface area contributed by atoms with Gasteiger partial charge in [-0.2, -0.15) is 0 Å². The lowest BCUT2D eigenvalue weighted by molar-refractivity contribution is -0.136. The molecule has 58 heavy (non-hydrogen) atoms. The molecule has 5 aromatic rings. The minimum absolute atomic E-state index is 0.0958. The minimum Gasteiger partial charge on any atom is -0.474 e. The van der Waals surface area contributed by atoms with Gasteiger partial charge in [0.15, 0.2) is 0 Å². The second kappa shape index (κ2) is 14.9. The molecule has 0 radical (unpaired) electrons. The van der Waals surface area contributed by atoms with E-state index in [1.807, 2.05) is 30.7 Å². The molecule has 4 fully saturated rings. The van der Waals surface area contributed by atoms with Crippen LogP contribution in [-0.4, -0.2) is 94.2 Å². The van der Waals surface area contributed by atoms with Gasteiger partial charge in [0.1, 0.15) is 12.1 Å². The molecule has 10 rings (SSSR count). The van der Waals surface area contributed by atoms with Crippen LogP contribution in [0.2, 0.25) is 0 Å². The average Bonchev–Trinajstić information content (AvgIpc) is 3.85. The van der Waals surface area contributed by atoms with E-state index in [4.69, 9.17) is 14.2 Å². The number of benzene rings is 2. The molecule has 3 aromatic heterocycles. The van der Waals surface area contributed by atoms with Crippen molar-refractivity contribution in [2.45, 2.75) is 63.2 Å². The smallest absolute Gasteiger partial charge is 0.262 e. The number of aromatic nitrogens is 3. The van der Waals surface area contributed by atoms with E-state index in [-0.39, 0.29) is 30.6 Å². The molecule has 4 amide bonds. The highest BCUT2D eigenvalue weighted by Crippen LogP contribution is 2.52. The van der Waals surface area contributed by atoms with Crippen LogP contribution >= 0.6 is 0 Å². The third kappa shape index (κ3) is 6.79. The summed E-state index contributed by atoms with van der Waals surface area (Å²) in [4.78, 5) is 62.1. The summed E-state index contributed by atoms with van der Waals surface area (Å²) in [5.41, 5.74) is 5.97. The molecule has 0 spiro atoms. The van der Waals surface area contributed by atoms with Gasteiger partial charge in [-0.3, -0.25) is 34.4 Å². The monoisotopic (exact) mass is 782 g/mol. The van der Waals surface area contributed by atoms with Crippen molar-refractivity contribution in [2.75, 3.05) is 37.8 Å². The molecule has 6 heterocycles. The highest BCUT2D eigenvalue weighted by Gasteiger charge is 2.49. The van der Waals surface area contributed by atoms with Crippen LogP contribution in [0.4, 0.5) is 5.69 Å². The van der Waals surface area contributed by atoms with E-state index >= 15 is 0 Å². The van der Waals surface area contributed by atoms with Crippen molar-refractivity contribution in [3.8, 4) is 17.0 Å². The SMILES string of the molecule is Cn1c2ccncc2c2ccc(-c3ccc(OC4CC(C5C[C@H]5COCCCCOC5CN(c6ccc7c(c6)C(=O)N(C6CCC(=O)NC6=O)C7=O)C5)C4)nc3)cc21. The highest BCUT2D eigenvalue weighted by molar-refractivity contribution is 6.23. The number of carbonyl (C=O) groups excluding carboxylic acids is 4. The molecule has 3 aliphatic heterocycles. The maximum Gasteiger partial charge on any atom is 0.262 e. The number of nitrogens with one attached hydrogen (secondary N) is 1. The van der Waals surface area contributed by atoms with Crippen molar-refractivity contribution in [1.29, 1.82) is 0 Å². The molecule has 5 aliphatic rings. The summed E-state index contributed by atoms with van der Waals surface area (Å²) in [6, 6.07) is 16.9. The standard InChI is InChI=1S/C45H46N6O7/c1-49-38-12-13-46-22-37(38)33-7-4-26(19-40(33)49)27-5-11-42(47-21-27)58-31-16-28(17-31)35-18-29(35)25-56-14-2-3-15-57-32-23-50(24-32)30-6-8-34-36(20-30)45(55)51(44(34)54)39-9-10-41(52)48-43(39)53/h4-8,11-13,19-22,28-29,31-32,35,39H,2-3,9-10,14-18,23-25H2,1H3,(H,48,52,53)/t28?,29-,31?,35?,39?/m0/s1. The first kappa shape index (κ1) is 36.7. The number of imide groups is 2. The van der Waals surface area contributed by atoms with E-state index in [9.17, 15) is 19.2 Å². The van der Waals surface area contributed by atoms with E-state index in [1.54, 1.807) is 12.1 Å². The number of anilines is 1. The van der Waals surface area contributed by atoms with Gasteiger partial charge in [-0.15, -0.1) is 0 Å². The fraction of sp³-hybridized carbons (Fsp3) is 0.422. The van der Waals surface area contributed by atoms with Gasteiger partial charge in [-0.25, -0.2) is 4.98 Å². The first-order chi connectivity index (χ1) is 28.3. The molecule has 2 saturated heterocycles. The van der Waals surface area contributed by atoms with E-state index in [0.717, 1.165) is 71.9 Å². The van der Waals surface area contributed by atoms with Crippen LogP contribution in [0.5, 0.6) is 5.88 Å². The van der Waals surface area contributed by atoms with Crippen molar-refractivity contribution >= 4 is 51.1 Å². The first-order valence-electron chi connectivity index (χ1n) is 20.5. The number of amides is 4. The molecule has 2 aromatic carbocycles. The molecule has 1 N–H and O–H groups in total. The van der Waals surface area contributed by atoms with Gasteiger partial charge in [0.05, 0.1) is 22.7 Å². The molecule has 3 atom stereocenters. The largest absolute Gasteiger partial charge is 0.474 e. The summed E-state index contributed by atoms with van der Waals surface area (Å²) in [5, 5.41) is 4.60. The number of pyridine rings is 2. The molecule has 298 valence electrons. The van der Waals surface area contributed by atoms with Gasteiger partial charge in [-0.05, 0) is 98.2 Å². The lowest BCUT2D eigenvalue weighted by Crippen LogP contribution is -2.54. The Morgan fingerprint density at radius 2 is 1.64 bits per heavy atom. The Morgan fingerprint density at radius 3 is 2.47 bits per heavy atom. The summed E-state index contributed by atoms with van der Waals surface area (Å²) in [7, 11) is 2.10. The molecule has 13 nitrogen and oxygen atoms in total. The lowest BCUT2D eigenvalue weighted by Gasteiger charge is -2.40. The number of nitrogens with zero attached hydrogens (tertiary/aromatic N) is 5. The van der Waals surface area contributed by atoms with Gasteiger partial charge in [-0.1, -0.05) is 12.1 Å². The molecule has 2 saturated carbocycles. The van der Waals surface area contributed by atoms with Gasteiger partial charge < -0.3 is 23.7 Å². The topological polar surface area (TPSA) is 145 Å². The summed E-state index contributed by atoms with van der Waals surface area (Å²) >= 11 is 0. The van der Waals surface area contributed by atoms with Crippen LogP contribution < -0.4 is 15.0 Å². The van der Waals surface area contributed by atoms with E-state index in [1.165, 1.54) is 22.8 Å². The zero-order valence-corrected chi connectivity index (χ0v) is 32.5. The first-order valence-corrected chi connectivity index (χ1v) is 20.5. The summed E-state index contributed by atoms with van der Waals surface area (Å²) in [6.07, 6.45) is 11.6. The number of rotatable bonds is 14. The zero-order chi connectivity index (χ0) is 39.5. The number of fused-ring (bicyclic) bond motifs is 4. The van der Waals surface area contributed by atoms with Gasteiger partial charge in [0.25, 0.3) is 11.8 Å². The fourth-order valence-corrected chi connectivity index (χ4v) is 9.32. The predicted octanol–water partition coefficient (Wildman–Crippen LogP) is 5.69. The van der Waals surface area contributed by atoms with Crippen molar-refractivity contribution in [3.63, 3.8) is 0 Å². The summed E-state index contributed by atoms with van der Waals surface area (Å²) < 4.78 is 20.6. The number of carbonyl (C=O) groups is 4. The number of aryl methyl sites for hydroxylation is 1. The van der Waals surface area contributed by atoms with Crippen molar-refractivity contribution in [2.24, 2.45) is 24.8 Å². The zero-order valence-electron chi connectivity index (χ0n) is 32.5. The van der Waals surface area contributed by atoms with Crippen LogP contribution in [0.25, 0.3) is 32.9 Å². The van der Waals surface area contributed by atoms with Crippen LogP contribution in [0, 0.1) is 17.8 Å². The van der Waals surface area contributed by atoms with Crippen LogP contribution in [-0.2, 0) is 26.1 Å². The number of hydrogen-bond donors (Lipinski definition) is 1.